The SMILES string of the molecule is Cc1ccc(N2CC[C@@H](NC(=O)Nc3ccccc3Br)C2)nc1. The van der Waals surface area contributed by atoms with Crippen molar-refractivity contribution in [3.05, 3.63) is 52.6 Å². The van der Waals surface area contributed by atoms with Crippen LogP contribution >= 0.6 is 15.9 Å². The predicted molar refractivity (Wildman–Crippen MR) is 95.9 cm³/mol. The molecule has 0 spiro atoms. The molecule has 3 rings (SSSR count). The smallest absolute Gasteiger partial charge is 0.319 e. The van der Waals surface area contributed by atoms with Crippen molar-refractivity contribution in [1.29, 1.82) is 0 Å². The lowest BCUT2D eigenvalue weighted by Crippen LogP contribution is -2.39. The fourth-order valence-electron chi connectivity index (χ4n) is 2.64. The number of carbonyl (C=O) groups is 1. The molecule has 1 aliphatic rings. The van der Waals surface area contributed by atoms with Crippen LogP contribution in [-0.2, 0) is 0 Å². The molecule has 1 aromatic carbocycles. The molecule has 0 bridgehead atoms. The van der Waals surface area contributed by atoms with Gasteiger partial charge in [0.15, 0.2) is 0 Å². The van der Waals surface area contributed by atoms with Crippen LogP contribution < -0.4 is 15.5 Å². The Morgan fingerprint density at radius 1 is 1.30 bits per heavy atom. The average molecular weight is 375 g/mol. The number of amides is 2. The van der Waals surface area contributed by atoms with E-state index in [1.54, 1.807) is 0 Å². The molecule has 2 heterocycles. The van der Waals surface area contributed by atoms with Gasteiger partial charge in [-0.3, -0.25) is 0 Å². The minimum Gasteiger partial charge on any atom is -0.354 e. The van der Waals surface area contributed by atoms with E-state index in [-0.39, 0.29) is 12.1 Å². The zero-order valence-electron chi connectivity index (χ0n) is 12.9. The number of hydrogen-bond donors (Lipinski definition) is 2. The fraction of sp³-hybridized carbons (Fsp3) is 0.294. The van der Waals surface area contributed by atoms with Gasteiger partial charge in [0.1, 0.15) is 5.82 Å². The minimum absolute atomic E-state index is 0.126. The summed E-state index contributed by atoms with van der Waals surface area (Å²) in [5.41, 5.74) is 1.91. The van der Waals surface area contributed by atoms with Gasteiger partial charge < -0.3 is 15.5 Å². The normalized spacial score (nSPS) is 17.1. The Hall–Kier alpha value is -2.08. The van der Waals surface area contributed by atoms with Crippen molar-refractivity contribution < 1.29 is 4.79 Å². The highest BCUT2D eigenvalue weighted by molar-refractivity contribution is 9.10. The Kier molecular flexibility index (Phi) is 4.81. The number of aryl methyl sites for hydroxylation is 1. The fourth-order valence-corrected chi connectivity index (χ4v) is 3.02. The molecule has 0 aliphatic carbocycles. The Bertz CT molecular complexity index is 689. The molecule has 1 fully saturated rings. The van der Waals surface area contributed by atoms with Crippen LogP contribution in [0.25, 0.3) is 0 Å². The monoisotopic (exact) mass is 374 g/mol. The van der Waals surface area contributed by atoms with Crippen molar-refractivity contribution in [2.45, 2.75) is 19.4 Å². The first kappa shape index (κ1) is 15.8. The van der Waals surface area contributed by atoms with E-state index < -0.39 is 0 Å². The van der Waals surface area contributed by atoms with Crippen molar-refractivity contribution in [1.82, 2.24) is 10.3 Å². The maximum Gasteiger partial charge on any atom is 0.319 e. The molecule has 5 nitrogen and oxygen atoms in total. The van der Waals surface area contributed by atoms with Crippen LogP contribution in [0.15, 0.2) is 47.1 Å². The number of para-hydroxylation sites is 1. The average Bonchev–Trinajstić information content (AvgIpc) is 2.98. The highest BCUT2D eigenvalue weighted by Crippen LogP contribution is 2.21. The van der Waals surface area contributed by atoms with Crippen molar-refractivity contribution in [3.63, 3.8) is 0 Å². The van der Waals surface area contributed by atoms with Crippen molar-refractivity contribution in [2.24, 2.45) is 0 Å². The van der Waals surface area contributed by atoms with Crippen molar-refractivity contribution in [2.75, 3.05) is 23.3 Å². The highest BCUT2D eigenvalue weighted by atomic mass is 79.9. The lowest BCUT2D eigenvalue weighted by molar-refractivity contribution is 0.249. The van der Waals surface area contributed by atoms with E-state index in [2.05, 4.69) is 42.5 Å². The molecule has 23 heavy (non-hydrogen) atoms. The first-order chi connectivity index (χ1) is 11.1. The number of aromatic nitrogens is 1. The Balaban J connectivity index is 1.54. The molecule has 1 aliphatic heterocycles. The first-order valence-corrected chi connectivity index (χ1v) is 8.41. The van der Waals surface area contributed by atoms with Crippen molar-refractivity contribution >= 4 is 33.5 Å². The summed E-state index contributed by atoms with van der Waals surface area (Å²) >= 11 is 3.42. The standard InChI is InChI=1S/C17H19BrN4O/c1-12-6-7-16(19-10-12)22-9-8-13(11-22)20-17(23)21-15-5-3-2-4-14(15)18/h2-7,10,13H,8-9,11H2,1H3,(H2,20,21,23)/t13-/m1/s1. The summed E-state index contributed by atoms with van der Waals surface area (Å²) in [6, 6.07) is 11.6. The number of rotatable bonds is 3. The summed E-state index contributed by atoms with van der Waals surface area (Å²) in [5, 5.41) is 5.89. The number of pyridine rings is 1. The van der Waals surface area contributed by atoms with Crippen LogP contribution in [0.4, 0.5) is 16.3 Å². The van der Waals surface area contributed by atoms with Gasteiger partial charge in [-0.15, -0.1) is 0 Å². The molecule has 6 heteroatoms. The quantitative estimate of drug-likeness (QED) is 0.863. The van der Waals surface area contributed by atoms with E-state index in [0.717, 1.165) is 41.1 Å². The zero-order chi connectivity index (χ0) is 16.2. The lowest BCUT2D eigenvalue weighted by Gasteiger charge is -2.18. The van der Waals surface area contributed by atoms with Gasteiger partial charge in [-0.25, -0.2) is 9.78 Å². The molecule has 2 N–H and O–H groups in total. The topological polar surface area (TPSA) is 57.3 Å². The molecule has 1 saturated heterocycles. The number of benzene rings is 1. The molecule has 120 valence electrons. The molecular weight excluding hydrogens is 356 g/mol. The van der Waals surface area contributed by atoms with Crippen LogP contribution in [0.1, 0.15) is 12.0 Å². The van der Waals surface area contributed by atoms with E-state index in [1.165, 1.54) is 0 Å². The molecule has 1 aromatic heterocycles. The van der Waals surface area contributed by atoms with Gasteiger partial charge in [-0.2, -0.15) is 0 Å². The maximum absolute atomic E-state index is 12.1. The molecule has 2 amide bonds. The first-order valence-electron chi connectivity index (χ1n) is 7.61. The van der Waals surface area contributed by atoms with E-state index >= 15 is 0 Å². The van der Waals surface area contributed by atoms with Crippen LogP contribution in [0, 0.1) is 6.92 Å². The molecule has 2 aromatic rings. The van der Waals surface area contributed by atoms with Crippen LogP contribution in [0.3, 0.4) is 0 Å². The van der Waals surface area contributed by atoms with Gasteiger partial charge in [-0.05, 0) is 53.0 Å². The third kappa shape index (κ3) is 4.01. The van der Waals surface area contributed by atoms with Crippen LogP contribution in [0.5, 0.6) is 0 Å². The molecule has 0 saturated carbocycles. The summed E-state index contributed by atoms with van der Waals surface area (Å²) in [5.74, 6) is 0.964. The largest absolute Gasteiger partial charge is 0.354 e. The number of nitrogens with zero attached hydrogens (tertiary/aromatic N) is 2. The van der Waals surface area contributed by atoms with Crippen molar-refractivity contribution in [3.8, 4) is 0 Å². The Morgan fingerprint density at radius 2 is 2.13 bits per heavy atom. The molecule has 1 atom stereocenters. The molecule has 0 radical (unpaired) electrons. The Morgan fingerprint density at radius 3 is 2.87 bits per heavy atom. The van der Waals surface area contributed by atoms with Gasteiger partial charge in [0.05, 0.1) is 5.69 Å². The number of halogens is 1. The third-order valence-electron chi connectivity index (χ3n) is 3.87. The summed E-state index contributed by atoms with van der Waals surface area (Å²) in [6.45, 7) is 3.70. The third-order valence-corrected chi connectivity index (χ3v) is 4.56. The molecular formula is C17H19BrN4O. The number of anilines is 2. The summed E-state index contributed by atoms with van der Waals surface area (Å²) in [6.07, 6.45) is 2.79. The van der Waals surface area contributed by atoms with E-state index in [0.29, 0.717) is 0 Å². The van der Waals surface area contributed by atoms with Gasteiger partial charge in [0, 0.05) is 29.8 Å². The number of carbonyl (C=O) groups excluding carboxylic acids is 1. The van der Waals surface area contributed by atoms with Gasteiger partial charge in [0.25, 0.3) is 0 Å². The zero-order valence-corrected chi connectivity index (χ0v) is 14.5. The molecule has 0 unspecified atom stereocenters. The number of nitrogens with one attached hydrogen (secondary N) is 2. The lowest BCUT2D eigenvalue weighted by atomic mass is 10.3. The van der Waals surface area contributed by atoms with Gasteiger partial charge in [0.2, 0.25) is 0 Å². The predicted octanol–water partition coefficient (Wildman–Crippen LogP) is 3.55. The second-order valence-corrected chi connectivity index (χ2v) is 6.56. The van der Waals surface area contributed by atoms with Crippen LogP contribution in [-0.4, -0.2) is 30.1 Å². The number of urea groups is 1. The maximum atomic E-state index is 12.1. The summed E-state index contributed by atoms with van der Waals surface area (Å²) in [4.78, 5) is 18.8. The number of hydrogen-bond acceptors (Lipinski definition) is 3. The Labute approximate surface area is 144 Å². The van der Waals surface area contributed by atoms with E-state index in [1.807, 2.05) is 43.5 Å². The van der Waals surface area contributed by atoms with Gasteiger partial charge in [-0.1, -0.05) is 18.2 Å². The van der Waals surface area contributed by atoms with Crippen LogP contribution in [0.2, 0.25) is 0 Å². The second-order valence-electron chi connectivity index (χ2n) is 5.70. The van der Waals surface area contributed by atoms with Gasteiger partial charge >= 0.3 is 6.03 Å². The highest BCUT2D eigenvalue weighted by Gasteiger charge is 2.24. The summed E-state index contributed by atoms with van der Waals surface area (Å²) < 4.78 is 0.868. The minimum atomic E-state index is -0.180. The second kappa shape index (κ2) is 7.00. The summed E-state index contributed by atoms with van der Waals surface area (Å²) in [7, 11) is 0. The van der Waals surface area contributed by atoms with E-state index in [4.69, 9.17) is 0 Å². The van der Waals surface area contributed by atoms with E-state index in [9.17, 15) is 4.79 Å².